The Morgan fingerprint density at radius 3 is 2.17 bits per heavy atom. The summed E-state index contributed by atoms with van der Waals surface area (Å²) in [6.07, 6.45) is 1.52. The van der Waals surface area contributed by atoms with Gasteiger partial charge in [0.1, 0.15) is 12.4 Å². The van der Waals surface area contributed by atoms with Crippen LogP contribution in [0.4, 0.5) is 4.79 Å². The number of thioether (sulfide) groups is 1. The number of rotatable bonds is 9. The van der Waals surface area contributed by atoms with E-state index in [-0.39, 0.29) is 24.9 Å². The van der Waals surface area contributed by atoms with Crippen LogP contribution in [-0.4, -0.2) is 52.8 Å². The predicted molar refractivity (Wildman–Crippen MR) is 155 cm³/mol. The molecule has 8 heteroatoms. The van der Waals surface area contributed by atoms with Crippen LogP contribution in [0.15, 0.2) is 71.6 Å². The number of carboxylic acid groups (broad SMARTS) is 1. The molecule has 1 heterocycles. The van der Waals surface area contributed by atoms with E-state index >= 15 is 0 Å². The minimum absolute atomic E-state index is 0.0290. The van der Waals surface area contributed by atoms with Crippen LogP contribution in [0.1, 0.15) is 52.4 Å². The molecule has 1 amide bonds. The van der Waals surface area contributed by atoms with Crippen LogP contribution in [0.3, 0.4) is 0 Å². The number of carboxylic acids is 1. The predicted octanol–water partition coefficient (Wildman–Crippen LogP) is 6.50. The number of benzene rings is 3. The quantitative estimate of drug-likeness (QED) is 0.235. The summed E-state index contributed by atoms with van der Waals surface area (Å²) in [5.41, 5.74) is 2.52. The zero-order chi connectivity index (χ0) is 29.0. The largest absolute Gasteiger partial charge is 0.478 e. The van der Waals surface area contributed by atoms with E-state index in [1.54, 1.807) is 16.7 Å². The maximum atomic E-state index is 13.8. The second kappa shape index (κ2) is 12.2. The molecular formula is C32H35NO6S. The molecule has 1 N–H and O–H groups in total. The smallest absolute Gasteiger partial charge is 0.410 e. The Morgan fingerprint density at radius 2 is 1.60 bits per heavy atom. The second-order valence-electron chi connectivity index (χ2n) is 10.7. The van der Waals surface area contributed by atoms with Crippen LogP contribution in [0.2, 0.25) is 0 Å². The average Bonchev–Trinajstić information content (AvgIpc) is 3.39. The first kappa shape index (κ1) is 29.2. The number of nitrogens with zero attached hydrogens (tertiary/aromatic N) is 1. The molecule has 0 aromatic heterocycles. The maximum absolute atomic E-state index is 13.8. The van der Waals surface area contributed by atoms with Crippen molar-refractivity contribution in [3.05, 3.63) is 94.5 Å². The Hall–Kier alpha value is -3.78. The lowest BCUT2D eigenvalue weighted by Crippen LogP contribution is -2.38. The summed E-state index contributed by atoms with van der Waals surface area (Å²) < 4.78 is 11.5. The van der Waals surface area contributed by atoms with Gasteiger partial charge in [0.2, 0.25) is 0 Å². The van der Waals surface area contributed by atoms with Crippen LogP contribution in [-0.2, 0) is 16.1 Å². The van der Waals surface area contributed by atoms with Crippen LogP contribution >= 0.6 is 11.8 Å². The zero-order valence-electron chi connectivity index (χ0n) is 23.5. The lowest BCUT2D eigenvalue weighted by atomic mass is 9.82. The van der Waals surface area contributed by atoms with Crippen molar-refractivity contribution in [1.29, 1.82) is 0 Å². The number of hydrogen-bond donors (Lipinski definition) is 1. The third-order valence-corrected chi connectivity index (χ3v) is 8.02. The number of ketones is 1. The van der Waals surface area contributed by atoms with E-state index in [1.807, 2.05) is 86.8 Å². The molecule has 3 aromatic rings. The lowest BCUT2D eigenvalue weighted by molar-refractivity contribution is -0.152. The molecular weight excluding hydrogens is 526 g/mol. The minimum atomic E-state index is -1.40. The van der Waals surface area contributed by atoms with Gasteiger partial charge in [0.05, 0.1) is 0 Å². The van der Waals surface area contributed by atoms with Gasteiger partial charge in [-0.3, -0.25) is 4.79 Å². The van der Waals surface area contributed by atoms with Gasteiger partial charge < -0.3 is 19.5 Å². The van der Waals surface area contributed by atoms with Gasteiger partial charge in [0.15, 0.2) is 11.4 Å². The van der Waals surface area contributed by atoms with Crippen molar-refractivity contribution >= 4 is 29.6 Å². The topological polar surface area (TPSA) is 93.1 Å². The Labute approximate surface area is 239 Å². The number of hydrogen-bond acceptors (Lipinski definition) is 6. The first-order valence-electron chi connectivity index (χ1n) is 13.2. The Kier molecular flexibility index (Phi) is 8.88. The van der Waals surface area contributed by atoms with Crippen molar-refractivity contribution in [3.8, 4) is 5.75 Å². The van der Waals surface area contributed by atoms with Crippen LogP contribution in [0.25, 0.3) is 0 Å². The van der Waals surface area contributed by atoms with E-state index in [0.717, 1.165) is 27.1 Å². The van der Waals surface area contributed by atoms with Crippen molar-refractivity contribution in [3.63, 3.8) is 0 Å². The standard InChI is InChI=1S/C32H35NO6S/c1-20-15-24(16-21(2)29(20)39-32(3,4)30(35)36)26-17-33(31(37)38-19-22-9-7-6-8-10-22)18-27(26)28(34)23-11-13-25(40-5)14-12-23/h6-16,26-27H,17-19H2,1-5H3,(H,35,36)/t26-,27+/m1/s1. The highest BCUT2D eigenvalue weighted by molar-refractivity contribution is 7.98. The van der Waals surface area contributed by atoms with E-state index in [9.17, 15) is 19.5 Å². The molecule has 7 nitrogen and oxygen atoms in total. The van der Waals surface area contributed by atoms with Crippen molar-refractivity contribution in [2.24, 2.45) is 5.92 Å². The van der Waals surface area contributed by atoms with Crippen molar-refractivity contribution < 1.29 is 29.0 Å². The lowest BCUT2D eigenvalue weighted by Gasteiger charge is -2.26. The van der Waals surface area contributed by atoms with E-state index in [0.29, 0.717) is 17.9 Å². The highest BCUT2D eigenvalue weighted by atomic mass is 32.2. The Bertz CT molecular complexity index is 1360. The van der Waals surface area contributed by atoms with Gasteiger partial charge in [-0.05, 0) is 68.3 Å². The number of amides is 1. The molecule has 40 heavy (non-hydrogen) atoms. The SMILES string of the molecule is CSc1ccc(C(=O)[C@H]2CN(C(=O)OCc3ccccc3)C[C@@H]2c2cc(C)c(OC(C)(C)C(=O)O)c(C)c2)cc1. The number of aryl methyl sites for hydroxylation is 2. The fraction of sp³-hybridized carbons (Fsp3) is 0.344. The highest BCUT2D eigenvalue weighted by Crippen LogP contribution is 2.39. The van der Waals surface area contributed by atoms with Gasteiger partial charge >= 0.3 is 12.1 Å². The Balaban J connectivity index is 1.63. The van der Waals surface area contributed by atoms with Crippen LogP contribution in [0, 0.1) is 19.8 Å². The fourth-order valence-corrected chi connectivity index (χ4v) is 5.40. The molecule has 1 aliphatic rings. The summed E-state index contributed by atoms with van der Waals surface area (Å²) >= 11 is 1.61. The molecule has 1 aliphatic heterocycles. The molecule has 0 saturated carbocycles. The van der Waals surface area contributed by atoms with Gasteiger partial charge in [0.25, 0.3) is 0 Å². The van der Waals surface area contributed by atoms with E-state index in [2.05, 4.69) is 0 Å². The first-order valence-corrected chi connectivity index (χ1v) is 14.4. The summed E-state index contributed by atoms with van der Waals surface area (Å²) in [6.45, 7) is 7.46. The molecule has 0 aliphatic carbocycles. The molecule has 1 saturated heterocycles. The summed E-state index contributed by atoms with van der Waals surface area (Å²) in [5.74, 6) is -1.32. The normalized spacial score (nSPS) is 17.0. The number of aliphatic carboxylic acids is 1. The number of Topliss-reactive ketones (excluding diaryl/α,β-unsaturated/α-hetero) is 1. The molecule has 0 unspecified atom stereocenters. The number of carbonyl (C=O) groups is 3. The molecule has 0 radical (unpaired) electrons. The van der Waals surface area contributed by atoms with Crippen molar-refractivity contribution in [2.45, 2.75) is 50.7 Å². The number of carbonyl (C=O) groups excluding carboxylic acids is 2. The zero-order valence-corrected chi connectivity index (χ0v) is 24.3. The fourth-order valence-electron chi connectivity index (χ4n) is 4.99. The van der Waals surface area contributed by atoms with Gasteiger partial charge in [0, 0.05) is 35.4 Å². The van der Waals surface area contributed by atoms with E-state index in [4.69, 9.17) is 9.47 Å². The molecule has 210 valence electrons. The van der Waals surface area contributed by atoms with Gasteiger partial charge in [-0.15, -0.1) is 11.8 Å². The number of ether oxygens (including phenoxy) is 2. The summed E-state index contributed by atoms with van der Waals surface area (Å²) in [5, 5.41) is 9.53. The third kappa shape index (κ3) is 6.50. The van der Waals surface area contributed by atoms with E-state index in [1.165, 1.54) is 13.8 Å². The van der Waals surface area contributed by atoms with Crippen molar-refractivity contribution in [1.82, 2.24) is 4.90 Å². The molecule has 0 spiro atoms. The van der Waals surface area contributed by atoms with Gasteiger partial charge in [-0.2, -0.15) is 0 Å². The second-order valence-corrected chi connectivity index (χ2v) is 11.5. The summed E-state index contributed by atoms with van der Waals surface area (Å²) in [7, 11) is 0. The average molecular weight is 562 g/mol. The molecule has 0 bridgehead atoms. The highest BCUT2D eigenvalue weighted by Gasteiger charge is 2.42. The molecule has 2 atom stereocenters. The maximum Gasteiger partial charge on any atom is 0.410 e. The monoisotopic (exact) mass is 561 g/mol. The first-order chi connectivity index (χ1) is 19.0. The van der Waals surface area contributed by atoms with Gasteiger partial charge in [-0.1, -0.05) is 54.6 Å². The summed E-state index contributed by atoms with van der Waals surface area (Å²) in [4.78, 5) is 41.2. The van der Waals surface area contributed by atoms with Gasteiger partial charge in [-0.25, -0.2) is 9.59 Å². The molecule has 4 rings (SSSR count). The third-order valence-electron chi connectivity index (χ3n) is 7.28. The van der Waals surface area contributed by atoms with Crippen LogP contribution < -0.4 is 4.74 Å². The van der Waals surface area contributed by atoms with Crippen molar-refractivity contribution in [2.75, 3.05) is 19.3 Å². The number of likely N-dealkylation sites (tertiary alicyclic amines) is 1. The summed E-state index contributed by atoms with van der Waals surface area (Å²) in [6, 6.07) is 20.9. The molecule has 3 aromatic carbocycles. The van der Waals surface area contributed by atoms with E-state index < -0.39 is 23.6 Å². The minimum Gasteiger partial charge on any atom is -0.478 e. The molecule has 1 fully saturated rings. The Morgan fingerprint density at radius 1 is 0.975 bits per heavy atom. The van der Waals surface area contributed by atoms with Crippen LogP contribution in [0.5, 0.6) is 5.75 Å².